The molecule has 0 saturated carbocycles. The second-order valence-electron chi connectivity index (χ2n) is 8.19. The number of nitriles is 1. The Morgan fingerprint density at radius 1 is 1.00 bits per heavy atom. The normalized spacial score (nSPS) is 10.6. The molecule has 0 aliphatic heterocycles. The number of carbonyl (C=O) groups excluding carboxylic acids is 1. The maximum Gasteiger partial charge on any atom is 0.273 e. The highest BCUT2D eigenvalue weighted by atomic mass is 32.1. The lowest BCUT2D eigenvalue weighted by Crippen LogP contribution is -2.25. The zero-order valence-corrected chi connectivity index (χ0v) is 20.8. The Hall–Kier alpha value is -5.08. The number of halogens is 1. The zero-order valence-electron chi connectivity index (χ0n) is 20.0. The van der Waals surface area contributed by atoms with E-state index in [9.17, 15) is 9.18 Å². The number of nitrogens with zero attached hydrogens (tertiary/aromatic N) is 6. The molecule has 0 fully saturated rings. The number of anilines is 2. The number of rotatable bonds is 7. The molecule has 0 radical (unpaired) electrons. The average molecular weight is 523 g/mol. The van der Waals surface area contributed by atoms with Gasteiger partial charge in [0.1, 0.15) is 22.6 Å². The van der Waals surface area contributed by atoms with Crippen LogP contribution in [0.1, 0.15) is 26.6 Å². The highest BCUT2D eigenvalue weighted by Gasteiger charge is 2.16. The van der Waals surface area contributed by atoms with E-state index in [0.29, 0.717) is 27.8 Å². The van der Waals surface area contributed by atoms with Crippen LogP contribution in [0.25, 0.3) is 22.6 Å². The first-order valence-electron chi connectivity index (χ1n) is 11.4. The molecule has 0 atom stereocenters. The summed E-state index contributed by atoms with van der Waals surface area (Å²) in [5.74, 6) is -0.319. The summed E-state index contributed by atoms with van der Waals surface area (Å²) < 4.78 is 19.0. The van der Waals surface area contributed by atoms with E-state index in [2.05, 4.69) is 34.9 Å². The zero-order chi connectivity index (χ0) is 26.5. The largest absolute Gasteiger partial charge is 0.346 e. The third-order valence-corrected chi connectivity index (χ3v) is 6.09. The average Bonchev–Trinajstić information content (AvgIpc) is 3.39. The lowest BCUT2D eigenvalue weighted by molar-refractivity contribution is 0.0941. The Bertz CT molecular complexity index is 1650. The number of hydrogen-bond acceptors (Lipinski definition) is 9. The van der Waals surface area contributed by atoms with Gasteiger partial charge in [-0.2, -0.15) is 9.64 Å². The van der Waals surface area contributed by atoms with E-state index in [1.165, 1.54) is 12.3 Å². The molecular formula is C27H19FN8OS. The van der Waals surface area contributed by atoms with Gasteiger partial charge in [-0.1, -0.05) is 36.4 Å². The molecule has 1 amide bonds. The molecule has 38 heavy (non-hydrogen) atoms. The summed E-state index contributed by atoms with van der Waals surface area (Å²) in [6.45, 7) is 1.94. The van der Waals surface area contributed by atoms with Crippen molar-refractivity contribution < 1.29 is 9.18 Å². The Morgan fingerprint density at radius 3 is 2.55 bits per heavy atom. The van der Waals surface area contributed by atoms with Gasteiger partial charge in [0.15, 0.2) is 17.3 Å². The van der Waals surface area contributed by atoms with Crippen LogP contribution in [0.4, 0.5) is 16.0 Å². The minimum atomic E-state index is -0.796. The van der Waals surface area contributed by atoms with Gasteiger partial charge in [0.05, 0.1) is 5.69 Å². The van der Waals surface area contributed by atoms with Crippen molar-refractivity contribution in [3.8, 4) is 28.7 Å². The van der Waals surface area contributed by atoms with Crippen molar-refractivity contribution in [1.29, 1.82) is 5.26 Å². The molecule has 186 valence electrons. The molecule has 5 rings (SSSR count). The van der Waals surface area contributed by atoms with Gasteiger partial charge in [-0.25, -0.2) is 19.3 Å². The van der Waals surface area contributed by atoms with Crippen LogP contribution in [0.5, 0.6) is 0 Å². The van der Waals surface area contributed by atoms with Crippen molar-refractivity contribution >= 4 is 29.1 Å². The van der Waals surface area contributed by atoms with Gasteiger partial charge < -0.3 is 10.6 Å². The molecule has 2 N–H and O–H groups in total. The van der Waals surface area contributed by atoms with Crippen LogP contribution >= 0.6 is 11.5 Å². The lowest BCUT2D eigenvalue weighted by Gasteiger charge is -2.09. The number of aromatic nitrogens is 5. The molecule has 5 aromatic rings. The Labute approximate surface area is 221 Å². The molecule has 0 unspecified atom stereocenters. The third kappa shape index (κ3) is 5.66. The second kappa shape index (κ2) is 10.9. The summed E-state index contributed by atoms with van der Waals surface area (Å²) >= 11 is 1.06. The number of nitrogens with one attached hydrogen (secondary N) is 2. The first kappa shape index (κ1) is 24.6. The highest BCUT2D eigenvalue weighted by Crippen LogP contribution is 2.23. The summed E-state index contributed by atoms with van der Waals surface area (Å²) in [5.41, 5.74) is 3.18. The number of amides is 1. The van der Waals surface area contributed by atoms with Crippen molar-refractivity contribution in [3.63, 3.8) is 0 Å². The van der Waals surface area contributed by atoms with E-state index in [-0.39, 0.29) is 18.1 Å². The quantitative estimate of drug-likeness (QED) is 0.304. The Kier molecular flexibility index (Phi) is 7.06. The van der Waals surface area contributed by atoms with Crippen LogP contribution < -0.4 is 10.6 Å². The molecular weight excluding hydrogens is 503 g/mol. The maximum absolute atomic E-state index is 14.9. The topological polar surface area (TPSA) is 129 Å². The van der Waals surface area contributed by atoms with Crippen LogP contribution in [0.15, 0.2) is 73.1 Å². The van der Waals surface area contributed by atoms with Crippen molar-refractivity contribution in [2.75, 3.05) is 5.32 Å². The smallest absolute Gasteiger partial charge is 0.273 e. The molecule has 4 heterocycles. The van der Waals surface area contributed by atoms with Gasteiger partial charge in [-0.05, 0) is 36.2 Å². The van der Waals surface area contributed by atoms with Crippen molar-refractivity contribution in [2.24, 2.45) is 0 Å². The third-order valence-electron chi connectivity index (χ3n) is 5.39. The molecule has 4 aromatic heterocycles. The van der Waals surface area contributed by atoms with Crippen LogP contribution in [-0.4, -0.2) is 30.2 Å². The van der Waals surface area contributed by atoms with Crippen LogP contribution in [0.3, 0.4) is 0 Å². The van der Waals surface area contributed by atoms with E-state index in [0.717, 1.165) is 28.4 Å². The monoisotopic (exact) mass is 522 g/mol. The highest BCUT2D eigenvalue weighted by molar-refractivity contribution is 7.06. The fourth-order valence-corrected chi connectivity index (χ4v) is 4.08. The number of benzene rings is 1. The summed E-state index contributed by atoms with van der Waals surface area (Å²) in [4.78, 5) is 30.3. The number of hydrogen-bond donors (Lipinski definition) is 2. The summed E-state index contributed by atoms with van der Waals surface area (Å²) in [7, 11) is 0. The minimum absolute atomic E-state index is 0.171. The molecule has 11 heteroatoms. The Morgan fingerprint density at radius 2 is 1.84 bits per heavy atom. The molecule has 1 aromatic carbocycles. The van der Waals surface area contributed by atoms with Gasteiger partial charge in [-0.3, -0.25) is 9.78 Å². The van der Waals surface area contributed by atoms with E-state index >= 15 is 0 Å². The number of aryl methyl sites for hydroxylation is 1. The maximum atomic E-state index is 14.9. The molecule has 9 nitrogen and oxygen atoms in total. The van der Waals surface area contributed by atoms with Crippen molar-refractivity contribution in [2.45, 2.75) is 13.5 Å². The first-order valence-corrected chi connectivity index (χ1v) is 12.2. The molecule has 0 aliphatic carbocycles. The van der Waals surface area contributed by atoms with Gasteiger partial charge >= 0.3 is 0 Å². The predicted molar refractivity (Wildman–Crippen MR) is 141 cm³/mol. The molecule has 0 aliphatic rings. The van der Waals surface area contributed by atoms with Crippen molar-refractivity contribution in [3.05, 3.63) is 101 Å². The molecule has 0 saturated heterocycles. The SMILES string of the molecule is Cc1cc(Nc2cc(C#N)sn2)nc(-c2cnc(C(=O)NCc3ccc(-c4ccccc4)nc3)c(F)c2)n1. The fourth-order valence-electron chi connectivity index (χ4n) is 3.58. The van der Waals surface area contributed by atoms with Gasteiger partial charge in [0.25, 0.3) is 5.91 Å². The predicted octanol–water partition coefficient (Wildman–Crippen LogP) is 5.05. The standard InChI is InChI=1S/C27H19FN8OS/c1-16-9-23(34-24-11-20(12-29)38-36-24)35-26(33-16)19-10-21(28)25(31-15-19)27(37)32-14-17-7-8-22(30-13-17)18-5-3-2-4-6-18/h2-11,13,15H,14H2,1H3,(H,32,37)(H,33,34,35,36). The summed E-state index contributed by atoms with van der Waals surface area (Å²) in [5, 5.41) is 14.7. The summed E-state index contributed by atoms with van der Waals surface area (Å²) in [6, 6.07) is 20.0. The second-order valence-corrected chi connectivity index (χ2v) is 8.99. The van der Waals surface area contributed by atoms with Crippen LogP contribution in [0, 0.1) is 24.1 Å². The summed E-state index contributed by atoms with van der Waals surface area (Å²) in [6.07, 6.45) is 3.02. The number of carbonyl (C=O) groups is 1. The van der Waals surface area contributed by atoms with E-state index in [4.69, 9.17) is 5.26 Å². The number of pyridine rings is 2. The first-order chi connectivity index (χ1) is 18.5. The minimum Gasteiger partial charge on any atom is -0.346 e. The van der Waals surface area contributed by atoms with Gasteiger partial charge in [0.2, 0.25) is 0 Å². The Balaban J connectivity index is 1.27. The molecule has 0 spiro atoms. The van der Waals surface area contributed by atoms with Crippen LogP contribution in [-0.2, 0) is 6.54 Å². The fraction of sp³-hybridized carbons (Fsp3) is 0.0741. The lowest BCUT2D eigenvalue weighted by atomic mass is 10.1. The van der Waals surface area contributed by atoms with E-state index in [1.54, 1.807) is 25.3 Å². The van der Waals surface area contributed by atoms with Gasteiger partial charge in [0, 0.05) is 47.9 Å². The molecule has 0 bridgehead atoms. The van der Waals surface area contributed by atoms with Gasteiger partial charge in [-0.15, -0.1) is 0 Å². The van der Waals surface area contributed by atoms with E-state index < -0.39 is 11.7 Å². The van der Waals surface area contributed by atoms with Crippen molar-refractivity contribution in [1.82, 2.24) is 29.6 Å². The van der Waals surface area contributed by atoms with E-state index in [1.807, 2.05) is 48.5 Å². The van der Waals surface area contributed by atoms with Crippen LogP contribution in [0.2, 0.25) is 0 Å².